The van der Waals surface area contributed by atoms with E-state index in [1.807, 2.05) is 0 Å². The van der Waals surface area contributed by atoms with Gasteiger partial charge in [0.2, 0.25) is 0 Å². The number of para-hydroxylation sites is 1. The monoisotopic (exact) mass is 271 g/mol. The molecule has 2 heteroatoms. The first kappa shape index (κ1) is 14.3. The lowest BCUT2D eigenvalue weighted by Gasteiger charge is -2.28. The van der Waals surface area contributed by atoms with Gasteiger partial charge in [-0.15, -0.1) is 0 Å². The van der Waals surface area contributed by atoms with Gasteiger partial charge in [0.15, 0.2) is 0 Å². The molecule has 0 amide bonds. The van der Waals surface area contributed by atoms with Crippen LogP contribution in [-0.4, -0.2) is 13.1 Å². The summed E-state index contributed by atoms with van der Waals surface area (Å²) in [5, 5.41) is 1.27. The van der Waals surface area contributed by atoms with Gasteiger partial charge in [-0.25, -0.2) is 0 Å². The average Bonchev–Trinajstić information content (AvgIpc) is 2.49. The number of pyridine rings is 1. The maximum atomic E-state index is 4.57. The minimum atomic E-state index is -0.995. The first-order valence-corrected chi connectivity index (χ1v) is 10.4. The fourth-order valence-electron chi connectivity index (χ4n) is 2.94. The summed E-state index contributed by atoms with van der Waals surface area (Å²) in [6.07, 6.45) is 3.28. The summed E-state index contributed by atoms with van der Waals surface area (Å²) >= 11 is 0. The molecular weight excluding hydrogens is 246 g/mol. The van der Waals surface area contributed by atoms with Crippen LogP contribution in [0.5, 0.6) is 0 Å². The second kappa shape index (κ2) is 6.33. The molecule has 0 unspecified atom stereocenters. The van der Waals surface area contributed by atoms with Gasteiger partial charge < -0.3 is 0 Å². The van der Waals surface area contributed by atoms with Crippen molar-refractivity contribution < 1.29 is 0 Å². The highest BCUT2D eigenvalue weighted by atomic mass is 28.3. The molecule has 0 saturated heterocycles. The molecule has 0 fully saturated rings. The van der Waals surface area contributed by atoms with Crippen LogP contribution < -0.4 is 0 Å². The van der Waals surface area contributed by atoms with Crippen LogP contribution in [0.4, 0.5) is 0 Å². The maximum absolute atomic E-state index is 4.57. The molecule has 1 aromatic heterocycles. The van der Waals surface area contributed by atoms with Crippen LogP contribution in [0.15, 0.2) is 36.5 Å². The third-order valence-corrected chi connectivity index (χ3v) is 10.7. The lowest BCUT2D eigenvalue weighted by atomic mass is 10.1. The molecule has 0 bridgehead atoms. The highest BCUT2D eigenvalue weighted by molar-refractivity contribution is 6.79. The third-order valence-electron chi connectivity index (χ3n) is 4.84. The van der Waals surface area contributed by atoms with Crippen molar-refractivity contribution >= 4 is 19.0 Å². The number of fused-ring (bicyclic) bond motifs is 1. The largest absolute Gasteiger partial charge is 0.256 e. The Labute approximate surface area is 118 Å². The maximum Gasteiger partial charge on any atom is 0.0702 e. The fourth-order valence-corrected chi connectivity index (χ4v) is 6.32. The van der Waals surface area contributed by atoms with Gasteiger partial charge in [0, 0.05) is 11.6 Å². The van der Waals surface area contributed by atoms with Gasteiger partial charge in [-0.05, 0) is 24.1 Å². The van der Waals surface area contributed by atoms with E-state index >= 15 is 0 Å². The molecule has 102 valence electrons. The fraction of sp³-hybridized carbons (Fsp3) is 0.471. The minimum Gasteiger partial charge on any atom is -0.256 e. The van der Waals surface area contributed by atoms with Crippen LogP contribution in [0, 0.1) is 0 Å². The van der Waals surface area contributed by atoms with Crippen LogP contribution >= 0.6 is 0 Å². The first-order valence-electron chi connectivity index (χ1n) is 7.56. The highest BCUT2D eigenvalue weighted by Crippen LogP contribution is 2.27. The van der Waals surface area contributed by atoms with E-state index in [-0.39, 0.29) is 0 Å². The molecule has 2 rings (SSSR count). The van der Waals surface area contributed by atoms with E-state index in [1.54, 1.807) is 0 Å². The molecule has 1 nitrogen and oxygen atoms in total. The van der Waals surface area contributed by atoms with E-state index in [4.69, 9.17) is 0 Å². The summed E-state index contributed by atoms with van der Waals surface area (Å²) in [4.78, 5) is 4.57. The summed E-state index contributed by atoms with van der Waals surface area (Å²) in [7, 11) is -0.995. The summed E-state index contributed by atoms with van der Waals surface area (Å²) < 4.78 is 0. The third kappa shape index (κ3) is 3.24. The number of rotatable bonds is 6. The molecule has 0 N–H and O–H groups in total. The Morgan fingerprint density at radius 2 is 1.68 bits per heavy atom. The van der Waals surface area contributed by atoms with E-state index in [9.17, 15) is 0 Å². The van der Waals surface area contributed by atoms with Crippen molar-refractivity contribution in [1.29, 1.82) is 0 Å². The van der Waals surface area contributed by atoms with E-state index < -0.39 is 8.07 Å². The molecule has 0 aliphatic heterocycles. The Bertz CT molecular complexity index is 523. The molecule has 0 atom stereocenters. The van der Waals surface area contributed by atoms with Crippen molar-refractivity contribution in [2.75, 3.05) is 0 Å². The average molecular weight is 271 g/mol. The van der Waals surface area contributed by atoms with Crippen LogP contribution in [0.1, 0.15) is 26.3 Å². The lowest BCUT2D eigenvalue weighted by molar-refractivity contribution is 1.02. The van der Waals surface area contributed by atoms with Gasteiger partial charge in [0.05, 0.1) is 13.6 Å². The van der Waals surface area contributed by atoms with Crippen molar-refractivity contribution in [2.24, 2.45) is 0 Å². The second-order valence-corrected chi connectivity index (χ2v) is 11.2. The van der Waals surface area contributed by atoms with Crippen LogP contribution in [0.2, 0.25) is 24.2 Å². The van der Waals surface area contributed by atoms with Crippen molar-refractivity contribution in [3.63, 3.8) is 0 Å². The molecule has 0 saturated carbocycles. The van der Waals surface area contributed by atoms with E-state index in [0.717, 1.165) is 5.52 Å². The predicted octanol–water partition coefficient (Wildman–Crippen LogP) is 5.29. The lowest BCUT2D eigenvalue weighted by Crippen LogP contribution is -2.31. The molecule has 0 aliphatic rings. The summed E-state index contributed by atoms with van der Waals surface area (Å²) in [5.41, 5.74) is 2.52. The zero-order valence-electron chi connectivity index (χ0n) is 12.4. The molecule has 0 spiro atoms. The normalized spacial score (nSPS) is 11.9. The van der Waals surface area contributed by atoms with Crippen molar-refractivity contribution in [1.82, 2.24) is 4.98 Å². The van der Waals surface area contributed by atoms with Gasteiger partial charge in [0.25, 0.3) is 0 Å². The molecule has 1 heterocycles. The van der Waals surface area contributed by atoms with E-state index in [1.165, 1.54) is 41.5 Å². The Morgan fingerprint density at radius 1 is 1.00 bits per heavy atom. The molecule has 0 radical (unpaired) electrons. The Morgan fingerprint density at radius 3 is 2.37 bits per heavy atom. The van der Waals surface area contributed by atoms with Gasteiger partial charge in [0.1, 0.15) is 0 Å². The van der Waals surface area contributed by atoms with Gasteiger partial charge >= 0.3 is 0 Å². The van der Waals surface area contributed by atoms with Crippen molar-refractivity contribution in [3.8, 4) is 0 Å². The number of hydrogen-bond donors (Lipinski definition) is 0. The van der Waals surface area contributed by atoms with Crippen molar-refractivity contribution in [2.45, 2.75) is 51.4 Å². The van der Waals surface area contributed by atoms with E-state index in [0.29, 0.717) is 0 Å². The number of aryl methyl sites for hydroxylation is 1. The van der Waals surface area contributed by atoms with Crippen LogP contribution in [0.25, 0.3) is 10.9 Å². The number of benzene rings is 1. The summed E-state index contributed by atoms with van der Waals surface area (Å²) in [5.74, 6) is 0. The second-order valence-electron chi connectivity index (χ2n) is 5.60. The standard InChI is InChI=1S/C17H25NSi/c1-4-19(5-2,6-3)12-11-15-13-16-9-7-8-10-17(16)18-14-15/h7-10,13-14H,4-6,11-12H2,1-3H3. The zero-order chi connectivity index (χ0) is 13.7. The first-order chi connectivity index (χ1) is 9.23. The smallest absolute Gasteiger partial charge is 0.0702 e. The van der Waals surface area contributed by atoms with E-state index in [2.05, 4.69) is 62.3 Å². The Balaban J connectivity index is 2.13. The number of hydrogen-bond acceptors (Lipinski definition) is 1. The van der Waals surface area contributed by atoms with Gasteiger partial charge in [-0.3, -0.25) is 4.98 Å². The SMILES string of the molecule is CC[Si](CC)(CC)CCc1cnc2ccccc2c1. The van der Waals surface area contributed by atoms with Crippen LogP contribution in [-0.2, 0) is 6.42 Å². The quantitative estimate of drug-likeness (QED) is 0.651. The number of aromatic nitrogens is 1. The molecule has 1 aromatic carbocycles. The number of nitrogens with zero attached hydrogens (tertiary/aromatic N) is 1. The molecule has 19 heavy (non-hydrogen) atoms. The zero-order valence-corrected chi connectivity index (χ0v) is 13.4. The van der Waals surface area contributed by atoms with Crippen LogP contribution in [0.3, 0.4) is 0 Å². The Kier molecular flexibility index (Phi) is 4.75. The predicted molar refractivity (Wildman–Crippen MR) is 87.5 cm³/mol. The van der Waals surface area contributed by atoms with Gasteiger partial charge in [-0.1, -0.05) is 63.1 Å². The van der Waals surface area contributed by atoms with Crippen molar-refractivity contribution in [3.05, 3.63) is 42.1 Å². The highest BCUT2D eigenvalue weighted by Gasteiger charge is 2.25. The molecular formula is C17H25NSi. The topological polar surface area (TPSA) is 12.9 Å². The molecule has 0 aliphatic carbocycles. The minimum absolute atomic E-state index is 0.995. The summed E-state index contributed by atoms with van der Waals surface area (Å²) in [6.45, 7) is 7.16. The molecule has 2 aromatic rings. The van der Waals surface area contributed by atoms with Gasteiger partial charge in [-0.2, -0.15) is 0 Å². The summed E-state index contributed by atoms with van der Waals surface area (Å²) in [6, 6.07) is 16.4. The Hall–Kier alpha value is -1.15.